The van der Waals surface area contributed by atoms with Gasteiger partial charge in [0.2, 0.25) is 0 Å². The molecule has 1 aliphatic carbocycles. The number of hydrogen-bond acceptors (Lipinski definition) is 2. The molecule has 0 bridgehead atoms. The number of carbonyl (C=O) groups is 1. The van der Waals surface area contributed by atoms with Crippen LogP contribution in [0.4, 0.5) is 5.69 Å². The van der Waals surface area contributed by atoms with E-state index in [4.69, 9.17) is 5.11 Å². The lowest BCUT2D eigenvalue weighted by Gasteiger charge is -2.23. The Kier molecular flexibility index (Phi) is 3.45. The summed E-state index contributed by atoms with van der Waals surface area (Å²) in [6.45, 7) is 2.21. The van der Waals surface area contributed by atoms with Crippen LogP contribution in [0.15, 0.2) is 18.2 Å². The van der Waals surface area contributed by atoms with Crippen LogP contribution in [-0.4, -0.2) is 24.2 Å². The SMILES string of the molecule is O=C(O)Cc1cccc2c1CCN2CC1CCCC1. The molecule has 0 spiro atoms. The lowest BCUT2D eigenvalue weighted by Crippen LogP contribution is -2.26. The maximum absolute atomic E-state index is 10.9. The zero-order valence-corrected chi connectivity index (χ0v) is 11.3. The monoisotopic (exact) mass is 259 g/mol. The Hall–Kier alpha value is -1.51. The van der Waals surface area contributed by atoms with Gasteiger partial charge in [-0.15, -0.1) is 0 Å². The second-order valence-electron chi connectivity index (χ2n) is 5.83. The average Bonchev–Trinajstić information content (AvgIpc) is 3.00. The molecule has 19 heavy (non-hydrogen) atoms. The largest absolute Gasteiger partial charge is 0.481 e. The summed E-state index contributed by atoms with van der Waals surface area (Å²) in [4.78, 5) is 13.4. The number of hydrogen-bond donors (Lipinski definition) is 1. The molecular formula is C16H21NO2. The molecule has 1 saturated carbocycles. The van der Waals surface area contributed by atoms with Crippen LogP contribution in [0.1, 0.15) is 36.8 Å². The number of aliphatic carboxylic acids is 1. The van der Waals surface area contributed by atoms with Crippen LogP contribution in [0, 0.1) is 5.92 Å². The van der Waals surface area contributed by atoms with E-state index in [1.807, 2.05) is 12.1 Å². The second-order valence-corrected chi connectivity index (χ2v) is 5.83. The van der Waals surface area contributed by atoms with Crippen molar-refractivity contribution in [2.45, 2.75) is 38.5 Å². The van der Waals surface area contributed by atoms with E-state index in [0.29, 0.717) is 0 Å². The molecule has 1 aliphatic heterocycles. The topological polar surface area (TPSA) is 40.5 Å². The van der Waals surface area contributed by atoms with E-state index < -0.39 is 5.97 Å². The standard InChI is InChI=1S/C16H21NO2/c18-16(19)10-13-6-3-7-15-14(13)8-9-17(15)11-12-4-1-2-5-12/h3,6-7,12H,1-2,4-5,8-11H2,(H,18,19). The summed E-state index contributed by atoms with van der Waals surface area (Å²) in [5.74, 6) is 0.108. The maximum atomic E-state index is 10.9. The average molecular weight is 259 g/mol. The van der Waals surface area contributed by atoms with Gasteiger partial charge in [0.1, 0.15) is 0 Å². The summed E-state index contributed by atoms with van der Waals surface area (Å²) in [6.07, 6.45) is 6.64. The highest BCUT2D eigenvalue weighted by molar-refractivity contribution is 5.73. The highest BCUT2D eigenvalue weighted by Gasteiger charge is 2.25. The van der Waals surface area contributed by atoms with Gasteiger partial charge < -0.3 is 10.0 Å². The molecule has 3 nitrogen and oxygen atoms in total. The Morgan fingerprint density at radius 3 is 2.84 bits per heavy atom. The number of nitrogens with zero attached hydrogens (tertiary/aromatic N) is 1. The van der Waals surface area contributed by atoms with Gasteiger partial charge in [0.15, 0.2) is 0 Å². The van der Waals surface area contributed by atoms with Crippen LogP contribution in [0.5, 0.6) is 0 Å². The lowest BCUT2D eigenvalue weighted by molar-refractivity contribution is -0.136. The molecular weight excluding hydrogens is 238 g/mol. The van der Waals surface area contributed by atoms with Crippen molar-refractivity contribution in [2.75, 3.05) is 18.0 Å². The summed E-state index contributed by atoms with van der Waals surface area (Å²) in [6, 6.07) is 6.12. The maximum Gasteiger partial charge on any atom is 0.307 e. The molecule has 0 atom stereocenters. The van der Waals surface area contributed by atoms with Crippen LogP contribution >= 0.6 is 0 Å². The molecule has 0 aromatic heterocycles. The zero-order chi connectivity index (χ0) is 13.2. The summed E-state index contributed by atoms with van der Waals surface area (Å²) in [7, 11) is 0. The summed E-state index contributed by atoms with van der Waals surface area (Å²) in [5, 5.41) is 8.98. The summed E-state index contributed by atoms with van der Waals surface area (Å²) < 4.78 is 0. The third kappa shape index (κ3) is 2.60. The van der Waals surface area contributed by atoms with Gasteiger partial charge in [0.25, 0.3) is 0 Å². The Morgan fingerprint density at radius 1 is 1.32 bits per heavy atom. The number of benzene rings is 1. The van der Waals surface area contributed by atoms with E-state index in [0.717, 1.165) is 31.0 Å². The summed E-state index contributed by atoms with van der Waals surface area (Å²) in [5.41, 5.74) is 3.55. The first-order valence-corrected chi connectivity index (χ1v) is 7.31. The normalized spacial score (nSPS) is 18.8. The van der Waals surface area contributed by atoms with Crippen molar-refractivity contribution >= 4 is 11.7 Å². The molecule has 1 fully saturated rings. The van der Waals surface area contributed by atoms with Crippen LogP contribution in [-0.2, 0) is 17.6 Å². The second kappa shape index (κ2) is 5.24. The molecule has 0 radical (unpaired) electrons. The minimum Gasteiger partial charge on any atom is -0.481 e. The van der Waals surface area contributed by atoms with Gasteiger partial charge in [-0.1, -0.05) is 25.0 Å². The number of rotatable bonds is 4. The molecule has 0 saturated heterocycles. The van der Waals surface area contributed by atoms with E-state index in [1.165, 1.54) is 36.9 Å². The fourth-order valence-corrected chi connectivity index (χ4v) is 3.60. The zero-order valence-electron chi connectivity index (χ0n) is 11.3. The van der Waals surface area contributed by atoms with E-state index >= 15 is 0 Å². The predicted molar refractivity (Wildman–Crippen MR) is 75.7 cm³/mol. The fraction of sp³-hybridized carbons (Fsp3) is 0.562. The van der Waals surface area contributed by atoms with Crippen molar-refractivity contribution in [3.8, 4) is 0 Å². The Balaban J connectivity index is 1.78. The number of carboxylic acid groups (broad SMARTS) is 1. The molecule has 0 unspecified atom stereocenters. The molecule has 2 aliphatic rings. The van der Waals surface area contributed by atoms with Crippen LogP contribution in [0.2, 0.25) is 0 Å². The molecule has 0 amide bonds. The molecule has 3 heteroatoms. The van der Waals surface area contributed by atoms with Crippen LogP contribution < -0.4 is 4.90 Å². The molecule has 3 rings (SSSR count). The minimum absolute atomic E-state index is 0.153. The Morgan fingerprint density at radius 2 is 2.11 bits per heavy atom. The molecule has 1 aromatic carbocycles. The third-order valence-corrected chi connectivity index (χ3v) is 4.52. The Bertz CT molecular complexity index is 478. The lowest BCUT2D eigenvalue weighted by atomic mass is 10.0. The van der Waals surface area contributed by atoms with Gasteiger partial charge in [-0.05, 0) is 42.4 Å². The van der Waals surface area contributed by atoms with Crippen molar-refractivity contribution in [3.63, 3.8) is 0 Å². The van der Waals surface area contributed by atoms with Gasteiger partial charge >= 0.3 is 5.97 Å². The van der Waals surface area contributed by atoms with Crippen molar-refractivity contribution in [1.82, 2.24) is 0 Å². The first-order chi connectivity index (χ1) is 9.24. The van der Waals surface area contributed by atoms with Crippen LogP contribution in [0.3, 0.4) is 0 Å². The van der Waals surface area contributed by atoms with E-state index in [1.54, 1.807) is 0 Å². The number of fused-ring (bicyclic) bond motifs is 1. The van der Waals surface area contributed by atoms with Crippen LogP contribution in [0.25, 0.3) is 0 Å². The van der Waals surface area contributed by atoms with Crippen molar-refractivity contribution < 1.29 is 9.90 Å². The molecule has 1 heterocycles. The number of carboxylic acids is 1. The smallest absolute Gasteiger partial charge is 0.307 e. The van der Waals surface area contributed by atoms with Gasteiger partial charge in [0, 0.05) is 18.8 Å². The number of anilines is 1. The third-order valence-electron chi connectivity index (χ3n) is 4.52. The first-order valence-electron chi connectivity index (χ1n) is 7.31. The van der Waals surface area contributed by atoms with E-state index in [2.05, 4.69) is 11.0 Å². The molecule has 1 N–H and O–H groups in total. The Labute approximate surface area is 114 Å². The molecule has 102 valence electrons. The van der Waals surface area contributed by atoms with E-state index in [-0.39, 0.29) is 6.42 Å². The highest BCUT2D eigenvalue weighted by Crippen LogP contribution is 2.34. The van der Waals surface area contributed by atoms with Gasteiger partial charge in [-0.2, -0.15) is 0 Å². The predicted octanol–water partition coefficient (Wildman–Crippen LogP) is 2.87. The fourth-order valence-electron chi connectivity index (χ4n) is 3.60. The van der Waals surface area contributed by atoms with Crippen molar-refractivity contribution in [1.29, 1.82) is 0 Å². The van der Waals surface area contributed by atoms with Gasteiger partial charge in [-0.25, -0.2) is 0 Å². The van der Waals surface area contributed by atoms with Crippen molar-refractivity contribution in [2.24, 2.45) is 5.92 Å². The minimum atomic E-state index is -0.734. The van der Waals surface area contributed by atoms with Crippen molar-refractivity contribution in [3.05, 3.63) is 29.3 Å². The first kappa shape index (κ1) is 12.5. The van der Waals surface area contributed by atoms with Gasteiger partial charge in [-0.3, -0.25) is 4.79 Å². The highest BCUT2D eigenvalue weighted by atomic mass is 16.4. The summed E-state index contributed by atoms with van der Waals surface area (Å²) >= 11 is 0. The quantitative estimate of drug-likeness (QED) is 0.904. The van der Waals surface area contributed by atoms with Gasteiger partial charge in [0.05, 0.1) is 6.42 Å². The molecule has 1 aromatic rings. The van der Waals surface area contributed by atoms with E-state index in [9.17, 15) is 4.79 Å².